The average Bonchev–Trinajstić information content (AvgIpc) is 2.53. The largest absolute Gasteiger partial charge is 0.479 e. The van der Waals surface area contributed by atoms with Gasteiger partial charge in [0.2, 0.25) is 0 Å². The molecule has 0 aliphatic heterocycles. The molecule has 3 atom stereocenters. The van der Waals surface area contributed by atoms with Gasteiger partial charge in [0.05, 0.1) is 6.10 Å². The minimum atomic E-state index is -4.10. The van der Waals surface area contributed by atoms with E-state index in [9.17, 15) is 14.3 Å². The van der Waals surface area contributed by atoms with Crippen LogP contribution < -0.4 is 4.74 Å². The Bertz CT molecular complexity index is 633. The van der Waals surface area contributed by atoms with E-state index in [0.29, 0.717) is 17.2 Å². The Hall–Kier alpha value is -1.40. The smallest absolute Gasteiger partial charge is 0.376 e. The Labute approximate surface area is 146 Å². The van der Waals surface area contributed by atoms with E-state index < -0.39 is 25.8 Å². The Morgan fingerprint density at radius 2 is 1.92 bits per heavy atom. The van der Waals surface area contributed by atoms with E-state index in [-0.39, 0.29) is 5.45 Å². The summed E-state index contributed by atoms with van der Waals surface area (Å²) in [6.07, 6.45) is -0.825. The van der Waals surface area contributed by atoms with E-state index in [0.717, 1.165) is 0 Å². The predicted molar refractivity (Wildman–Crippen MR) is 91.4 cm³/mol. The maximum atomic E-state index is 12.0. The van der Waals surface area contributed by atoms with Gasteiger partial charge in [0.15, 0.2) is 11.6 Å². The molecule has 1 aromatic carbocycles. The average molecular weight is 378 g/mol. The van der Waals surface area contributed by atoms with Crippen LogP contribution >= 0.6 is 19.2 Å². The number of ether oxygens (including phenoxy) is 1. The van der Waals surface area contributed by atoms with Crippen molar-refractivity contribution in [3.63, 3.8) is 0 Å². The molecule has 134 valence electrons. The van der Waals surface area contributed by atoms with Crippen molar-refractivity contribution < 1.29 is 28.4 Å². The van der Waals surface area contributed by atoms with Crippen LogP contribution in [0.5, 0.6) is 5.75 Å². The fourth-order valence-electron chi connectivity index (χ4n) is 1.40. The number of hydrogen-bond donors (Lipinski definition) is 1. The monoisotopic (exact) mass is 377 g/mol. The summed E-state index contributed by atoms with van der Waals surface area (Å²) in [5.41, 5.74) is -0.310. The van der Waals surface area contributed by atoms with Gasteiger partial charge < -0.3 is 19.0 Å². The number of nitrogens with zero attached hydrogens (tertiary/aromatic N) is 1. The van der Waals surface area contributed by atoms with E-state index in [4.69, 9.17) is 20.9 Å². The predicted octanol–water partition coefficient (Wildman–Crippen LogP) is 3.98. The van der Waals surface area contributed by atoms with Gasteiger partial charge in [0.1, 0.15) is 5.75 Å². The summed E-state index contributed by atoms with van der Waals surface area (Å²) >= 11 is 5.76. The quantitative estimate of drug-likeness (QED) is 0.318. The second kappa shape index (κ2) is 9.18. The molecule has 0 saturated heterocycles. The normalized spacial score (nSPS) is 16.8. The first-order valence-corrected chi connectivity index (χ1v) is 9.30. The third-order valence-electron chi connectivity index (χ3n) is 3.03. The summed E-state index contributed by atoms with van der Waals surface area (Å²) < 4.78 is 22.3. The van der Waals surface area contributed by atoms with Crippen LogP contribution in [0.2, 0.25) is 5.02 Å². The molecule has 3 unspecified atom stereocenters. The topological polar surface area (TPSA) is 94.4 Å². The maximum absolute atomic E-state index is 12.0. The number of carbonyl (C=O) groups excluding carboxylic acids is 1. The van der Waals surface area contributed by atoms with Gasteiger partial charge in [-0.3, -0.25) is 4.57 Å². The molecule has 1 aromatic rings. The van der Waals surface area contributed by atoms with Crippen molar-refractivity contribution in [3.8, 4) is 5.75 Å². The van der Waals surface area contributed by atoms with E-state index in [1.54, 1.807) is 31.2 Å². The molecule has 0 amide bonds. The SMILES string of the molecule is CCC(C)OP(=O)(O)C(C)=NOC(=O)C(C)Oc1ccc(Cl)cc1. The molecule has 1 N–H and O–H groups in total. The summed E-state index contributed by atoms with van der Waals surface area (Å²) in [6.45, 7) is 6.19. The summed E-state index contributed by atoms with van der Waals surface area (Å²) in [4.78, 5) is 26.2. The summed E-state index contributed by atoms with van der Waals surface area (Å²) in [6, 6.07) is 6.43. The molecule has 0 bridgehead atoms. The Balaban J connectivity index is 2.62. The molecular weight excluding hydrogens is 357 g/mol. The van der Waals surface area contributed by atoms with Gasteiger partial charge in [0.25, 0.3) is 0 Å². The Morgan fingerprint density at radius 3 is 2.46 bits per heavy atom. The molecule has 0 aromatic heterocycles. The minimum Gasteiger partial charge on any atom is -0.479 e. The lowest BCUT2D eigenvalue weighted by atomic mass is 10.3. The summed E-state index contributed by atoms with van der Waals surface area (Å²) in [5.74, 6) is -0.384. The summed E-state index contributed by atoms with van der Waals surface area (Å²) in [5, 5.41) is 3.93. The van der Waals surface area contributed by atoms with Gasteiger partial charge in [0, 0.05) is 5.02 Å². The zero-order valence-electron chi connectivity index (χ0n) is 13.9. The van der Waals surface area contributed by atoms with E-state index in [1.165, 1.54) is 13.8 Å². The van der Waals surface area contributed by atoms with Crippen molar-refractivity contribution in [2.24, 2.45) is 5.16 Å². The van der Waals surface area contributed by atoms with Crippen LogP contribution in [0.4, 0.5) is 0 Å². The van der Waals surface area contributed by atoms with Gasteiger partial charge in [-0.25, -0.2) is 4.79 Å². The molecular formula is C15H21ClNO6P. The highest BCUT2D eigenvalue weighted by Crippen LogP contribution is 2.45. The van der Waals surface area contributed by atoms with Crippen LogP contribution in [-0.4, -0.2) is 28.5 Å². The van der Waals surface area contributed by atoms with Gasteiger partial charge in [-0.05, 0) is 51.5 Å². The Kier molecular flexibility index (Phi) is 7.90. The second-order valence-electron chi connectivity index (χ2n) is 5.11. The van der Waals surface area contributed by atoms with Crippen LogP contribution in [0.15, 0.2) is 29.4 Å². The van der Waals surface area contributed by atoms with Crippen LogP contribution in [-0.2, 0) is 18.7 Å². The zero-order valence-corrected chi connectivity index (χ0v) is 15.6. The van der Waals surface area contributed by atoms with Crippen molar-refractivity contribution in [2.75, 3.05) is 0 Å². The number of rotatable bonds is 8. The van der Waals surface area contributed by atoms with Crippen molar-refractivity contribution >= 4 is 30.6 Å². The standard InChI is InChI=1S/C15H21ClNO6P/c1-5-10(2)23-24(19,20)12(4)17-22-15(18)11(3)21-14-8-6-13(16)7-9-14/h6-11H,5H2,1-4H3,(H,19,20). The number of benzene rings is 1. The molecule has 7 nitrogen and oxygen atoms in total. The van der Waals surface area contributed by atoms with Crippen molar-refractivity contribution in [2.45, 2.75) is 46.3 Å². The van der Waals surface area contributed by atoms with E-state index in [1.807, 2.05) is 6.92 Å². The lowest BCUT2D eigenvalue weighted by Gasteiger charge is -2.16. The number of halogens is 1. The van der Waals surface area contributed by atoms with E-state index in [2.05, 4.69) is 9.99 Å². The Morgan fingerprint density at radius 1 is 1.33 bits per heavy atom. The van der Waals surface area contributed by atoms with Crippen molar-refractivity contribution in [1.82, 2.24) is 0 Å². The molecule has 0 spiro atoms. The third kappa shape index (κ3) is 6.61. The first-order chi connectivity index (χ1) is 11.2. The summed E-state index contributed by atoms with van der Waals surface area (Å²) in [7, 11) is -4.10. The van der Waals surface area contributed by atoms with Crippen LogP contribution in [0.1, 0.15) is 34.1 Å². The first kappa shape index (κ1) is 20.6. The van der Waals surface area contributed by atoms with Crippen molar-refractivity contribution in [1.29, 1.82) is 0 Å². The third-order valence-corrected chi connectivity index (χ3v) is 4.83. The molecule has 0 aliphatic carbocycles. The van der Waals surface area contributed by atoms with Gasteiger partial charge in [-0.2, -0.15) is 0 Å². The van der Waals surface area contributed by atoms with Crippen LogP contribution in [0.3, 0.4) is 0 Å². The molecule has 24 heavy (non-hydrogen) atoms. The number of hydrogen-bond acceptors (Lipinski definition) is 6. The lowest BCUT2D eigenvalue weighted by molar-refractivity contribution is -0.151. The fraction of sp³-hybridized carbons (Fsp3) is 0.467. The van der Waals surface area contributed by atoms with Gasteiger partial charge in [-0.15, -0.1) is 0 Å². The highest BCUT2D eigenvalue weighted by molar-refractivity contribution is 7.71. The molecule has 9 heteroatoms. The zero-order chi connectivity index (χ0) is 18.3. The van der Waals surface area contributed by atoms with Crippen LogP contribution in [0.25, 0.3) is 0 Å². The maximum Gasteiger partial charge on any atom is 0.376 e. The molecule has 1 rings (SSSR count). The first-order valence-electron chi connectivity index (χ1n) is 7.35. The van der Waals surface area contributed by atoms with Crippen molar-refractivity contribution in [3.05, 3.63) is 29.3 Å². The molecule has 0 saturated carbocycles. The van der Waals surface area contributed by atoms with Gasteiger partial charge >= 0.3 is 13.6 Å². The second-order valence-corrected chi connectivity index (χ2v) is 7.44. The molecule has 0 heterocycles. The highest BCUT2D eigenvalue weighted by atomic mass is 35.5. The van der Waals surface area contributed by atoms with E-state index >= 15 is 0 Å². The minimum absolute atomic E-state index is 0.310. The highest BCUT2D eigenvalue weighted by Gasteiger charge is 2.28. The number of oxime groups is 1. The number of carbonyl (C=O) groups is 1. The molecule has 0 radical (unpaired) electrons. The van der Waals surface area contributed by atoms with Gasteiger partial charge in [-0.1, -0.05) is 23.7 Å². The molecule has 0 aliphatic rings. The lowest BCUT2D eigenvalue weighted by Crippen LogP contribution is -2.25. The van der Waals surface area contributed by atoms with Crippen LogP contribution in [0, 0.1) is 0 Å². The fourth-order valence-corrected chi connectivity index (χ4v) is 2.46. The molecule has 0 fully saturated rings.